The predicted octanol–water partition coefficient (Wildman–Crippen LogP) is 2.96. The van der Waals surface area contributed by atoms with E-state index in [0.717, 1.165) is 16.9 Å². The van der Waals surface area contributed by atoms with E-state index in [4.69, 9.17) is 14.8 Å². The summed E-state index contributed by atoms with van der Waals surface area (Å²) in [5, 5.41) is 16.7. The van der Waals surface area contributed by atoms with E-state index in [0.29, 0.717) is 28.4 Å². The topological polar surface area (TPSA) is 109 Å². The van der Waals surface area contributed by atoms with Crippen molar-refractivity contribution in [2.24, 2.45) is 0 Å². The molecule has 0 unspecified atom stereocenters. The fourth-order valence-electron chi connectivity index (χ4n) is 2.12. The van der Waals surface area contributed by atoms with Crippen LogP contribution < -0.4 is 5.84 Å². The first kappa shape index (κ1) is 15.0. The first-order valence-corrected chi connectivity index (χ1v) is 8.88. The Balaban J connectivity index is 1.49. The van der Waals surface area contributed by atoms with Gasteiger partial charge in [-0.05, 0) is 24.4 Å². The number of aryl methyl sites for hydroxylation is 1. The second-order valence-corrected chi connectivity index (χ2v) is 6.60. The molecule has 122 valence electrons. The largest absolute Gasteiger partial charge is 0.469 e. The third kappa shape index (κ3) is 2.69. The number of aromatic nitrogens is 5. The summed E-state index contributed by atoms with van der Waals surface area (Å²) in [6.45, 7) is 1.85. The Hall–Kier alpha value is -2.59. The molecule has 4 aromatic rings. The summed E-state index contributed by atoms with van der Waals surface area (Å²) in [7, 11) is 0. The van der Waals surface area contributed by atoms with E-state index in [1.54, 1.807) is 17.6 Å². The van der Waals surface area contributed by atoms with Crippen LogP contribution in [0.1, 0.15) is 11.7 Å². The van der Waals surface area contributed by atoms with Gasteiger partial charge in [-0.1, -0.05) is 16.9 Å². The van der Waals surface area contributed by atoms with Crippen molar-refractivity contribution in [3.05, 3.63) is 40.8 Å². The van der Waals surface area contributed by atoms with Crippen LogP contribution in [0.4, 0.5) is 0 Å². The van der Waals surface area contributed by atoms with Crippen LogP contribution in [0.3, 0.4) is 0 Å². The maximum atomic E-state index is 6.07. The van der Waals surface area contributed by atoms with Crippen molar-refractivity contribution in [1.29, 1.82) is 0 Å². The number of rotatable bonds is 5. The van der Waals surface area contributed by atoms with E-state index < -0.39 is 0 Å². The average molecular weight is 360 g/mol. The molecule has 0 saturated heterocycles. The molecule has 24 heavy (non-hydrogen) atoms. The van der Waals surface area contributed by atoms with Gasteiger partial charge in [0, 0.05) is 10.9 Å². The van der Waals surface area contributed by atoms with E-state index in [9.17, 15) is 0 Å². The lowest BCUT2D eigenvalue weighted by atomic mass is 10.2. The molecule has 0 saturated carbocycles. The molecule has 0 amide bonds. The summed E-state index contributed by atoms with van der Waals surface area (Å²) in [4.78, 5) is 4.36. The van der Waals surface area contributed by atoms with Crippen molar-refractivity contribution >= 4 is 23.1 Å². The summed E-state index contributed by atoms with van der Waals surface area (Å²) in [6.07, 6.45) is 1.59. The van der Waals surface area contributed by atoms with Gasteiger partial charge in [0.25, 0.3) is 0 Å². The smallest absolute Gasteiger partial charge is 0.237 e. The van der Waals surface area contributed by atoms with Crippen LogP contribution in [0.25, 0.3) is 22.8 Å². The number of hydrogen-bond acceptors (Lipinski definition) is 9. The number of thiophene rings is 1. The van der Waals surface area contributed by atoms with Crippen LogP contribution in [0, 0.1) is 6.92 Å². The van der Waals surface area contributed by atoms with E-state index in [-0.39, 0.29) is 0 Å². The Morgan fingerprint density at radius 2 is 2.25 bits per heavy atom. The molecule has 0 bridgehead atoms. The third-order valence-corrected chi connectivity index (χ3v) is 4.95. The van der Waals surface area contributed by atoms with E-state index in [1.807, 2.05) is 29.8 Å². The minimum Gasteiger partial charge on any atom is -0.469 e. The van der Waals surface area contributed by atoms with Crippen molar-refractivity contribution < 1.29 is 8.94 Å². The molecule has 0 aliphatic carbocycles. The van der Waals surface area contributed by atoms with Crippen LogP contribution in [0.15, 0.2) is 43.3 Å². The molecule has 4 aromatic heterocycles. The number of nitrogens with zero attached hydrogens (tertiary/aromatic N) is 5. The molecule has 4 rings (SSSR count). The minimum absolute atomic E-state index is 0.455. The van der Waals surface area contributed by atoms with Gasteiger partial charge in [0.2, 0.25) is 16.9 Å². The zero-order valence-corrected chi connectivity index (χ0v) is 14.2. The SMILES string of the molecule is Cc1occc1-c1nnc(SCc2nc(-c3ccsc3)no2)n1N. The van der Waals surface area contributed by atoms with Crippen molar-refractivity contribution in [2.75, 3.05) is 5.84 Å². The van der Waals surface area contributed by atoms with Gasteiger partial charge < -0.3 is 14.8 Å². The molecule has 0 radical (unpaired) electrons. The zero-order valence-electron chi connectivity index (χ0n) is 12.5. The van der Waals surface area contributed by atoms with Crippen LogP contribution in [-0.4, -0.2) is 25.0 Å². The quantitative estimate of drug-likeness (QED) is 0.427. The maximum absolute atomic E-state index is 6.07. The number of nitrogens with two attached hydrogens (primary N) is 1. The van der Waals surface area contributed by atoms with E-state index in [2.05, 4.69) is 20.3 Å². The van der Waals surface area contributed by atoms with Gasteiger partial charge in [-0.15, -0.1) is 10.2 Å². The van der Waals surface area contributed by atoms with Crippen LogP contribution in [0.5, 0.6) is 0 Å². The molecule has 0 aliphatic heterocycles. The van der Waals surface area contributed by atoms with E-state index >= 15 is 0 Å². The second kappa shape index (κ2) is 6.13. The van der Waals surface area contributed by atoms with Gasteiger partial charge in [0.15, 0.2) is 5.82 Å². The lowest BCUT2D eigenvalue weighted by Crippen LogP contribution is -2.11. The fourth-order valence-corrected chi connectivity index (χ4v) is 3.45. The average Bonchev–Trinajstić information content (AvgIpc) is 3.33. The highest BCUT2D eigenvalue weighted by molar-refractivity contribution is 7.98. The molecular formula is C14H12N6O2S2. The number of thioether (sulfide) groups is 1. The van der Waals surface area contributed by atoms with Gasteiger partial charge in [0.1, 0.15) is 5.76 Å². The lowest BCUT2D eigenvalue weighted by Gasteiger charge is -2.01. The van der Waals surface area contributed by atoms with Crippen LogP contribution in [-0.2, 0) is 5.75 Å². The molecule has 0 fully saturated rings. The highest BCUT2D eigenvalue weighted by atomic mass is 32.2. The standard InChI is InChI=1S/C14H12N6O2S2/c1-8-10(2-4-21-8)13-17-18-14(20(13)15)24-7-11-16-12(19-22-11)9-3-5-23-6-9/h2-6H,7,15H2,1H3. The fraction of sp³-hybridized carbons (Fsp3) is 0.143. The predicted molar refractivity (Wildman–Crippen MR) is 89.8 cm³/mol. The third-order valence-electron chi connectivity index (χ3n) is 3.34. The Morgan fingerprint density at radius 3 is 3.00 bits per heavy atom. The van der Waals surface area contributed by atoms with Gasteiger partial charge in [-0.25, -0.2) is 4.68 Å². The summed E-state index contributed by atoms with van der Waals surface area (Å²) < 4.78 is 12.0. The Labute approximate surface area is 144 Å². The van der Waals surface area contributed by atoms with Gasteiger partial charge in [-0.2, -0.15) is 16.3 Å². The monoisotopic (exact) mass is 360 g/mol. The Kier molecular flexibility index (Phi) is 3.82. The molecule has 10 heteroatoms. The number of furan rings is 1. The Morgan fingerprint density at radius 1 is 1.33 bits per heavy atom. The first-order chi connectivity index (χ1) is 11.7. The van der Waals surface area contributed by atoms with Crippen molar-refractivity contribution in [2.45, 2.75) is 17.8 Å². The molecule has 0 atom stereocenters. The molecule has 0 aromatic carbocycles. The lowest BCUT2D eigenvalue weighted by molar-refractivity contribution is 0.391. The second-order valence-electron chi connectivity index (χ2n) is 4.88. The summed E-state index contributed by atoms with van der Waals surface area (Å²) >= 11 is 2.96. The van der Waals surface area contributed by atoms with Gasteiger partial charge in [-0.3, -0.25) is 0 Å². The normalized spacial score (nSPS) is 11.2. The van der Waals surface area contributed by atoms with Crippen LogP contribution >= 0.6 is 23.1 Å². The van der Waals surface area contributed by atoms with Crippen LogP contribution in [0.2, 0.25) is 0 Å². The summed E-state index contributed by atoms with van der Waals surface area (Å²) in [5.74, 6) is 8.90. The number of nitrogen functional groups attached to an aromatic ring is 1. The van der Waals surface area contributed by atoms with E-state index in [1.165, 1.54) is 16.4 Å². The van der Waals surface area contributed by atoms with Crippen molar-refractivity contribution in [3.63, 3.8) is 0 Å². The molecule has 0 spiro atoms. The Bertz CT molecular complexity index is 956. The molecule has 0 aliphatic rings. The maximum Gasteiger partial charge on any atom is 0.237 e. The van der Waals surface area contributed by atoms with Crippen molar-refractivity contribution in [1.82, 2.24) is 25.0 Å². The first-order valence-electron chi connectivity index (χ1n) is 6.95. The molecule has 4 heterocycles. The highest BCUT2D eigenvalue weighted by Crippen LogP contribution is 2.27. The molecule has 2 N–H and O–H groups in total. The summed E-state index contributed by atoms with van der Waals surface area (Å²) in [5.41, 5.74) is 1.76. The number of hydrogen-bond donors (Lipinski definition) is 1. The molecule has 8 nitrogen and oxygen atoms in total. The zero-order chi connectivity index (χ0) is 16.5. The van der Waals surface area contributed by atoms with Gasteiger partial charge in [0.05, 0.1) is 17.6 Å². The molecular weight excluding hydrogens is 348 g/mol. The highest BCUT2D eigenvalue weighted by Gasteiger charge is 2.17. The summed E-state index contributed by atoms with van der Waals surface area (Å²) in [6, 6.07) is 3.75. The van der Waals surface area contributed by atoms with Gasteiger partial charge >= 0.3 is 0 Å². The van der Waals surface area contributed by atoms with Crippen molar-refractivity contribution in [3.8, 4) is 22.8 Å². The minimum atomic E-state index is 0.455.